The van der Waals surface area contributed by atoms with Crippen LogP contribution in [0.2, 0.25) is 0 Å². The van der Waals surface area contributed by atoms with Crippen molar-refractivity contribution in [1.29, 1.82) is 0 Å². The lowest BCUT2D eigenvalue weighted by Crippen LogP contribution is -3.05. The van der Waals surface area contributed by atoms with E-state index in [9.17, 15) is 0 Å². The van der Waals surface area contributed by atoms with Crippen molar-refractivity contribution in [2.24, 2.45) is 0 Å². The van der Waals surface area contributed by atoms with Gasteiger partial charge in [-0.1, -0.05) is 6.07 Å². The first-order valence-electron chi connectivity index (χ1n) is 6.64. The number of hydrazine groups is 1. The smallest absolute Gasteiger partial charge is 0.185 e. The molecular formula is C14H25N4S+. The van der Waals surface area contributed by atoms with Gasteiger partial charge in [-0.15, -0.1) is 0 Å². The molecule has 0 aromatic heterocycles. The molecule has 4 nitrogen and oxygen atoms in total. The van der Waals surface area contributed by atoms with E-state index in [1.54, 1.807) is 0 Å². The van der Waals surface area contributed by atoms with Gasteiger partial charge in [0.25, 0.3) is 0 Å². The second kappa shape index (κ2) is 7.96. The molecule has 0 bridgehead atoms. The second-order valence-electron chi connectivity index (χ2n) is 5.19. The largest absolute Gasteiger partial charge is 0.361 e. The number of nitrogens with one attached hydrogen (secondary N) is 4. The molecule has 0 aliphatic heterocycles. The summed E-state index contributed by atoms with van der Waals surface area (Å²) < 4.78 is 0. The quantitative estimate of drug-likeness (QED) is 0.351. The Morgan fingerprint density at radius 1 is 1.16 bits per heavy atom. The van der Waals surface area contributed by atoms with Crippen LogP contribution in [0.1, 0.15) is 17.5 Å². The van der Waals surface area contributed by atoms with Crippen LogP contribution in [0.4, 0.5) is 5.69 Å². The Morgan fingerprint density at radius 2 is 1.79 bits per heavy atom. The van der Waals surface area contributed by atoms with Crippen molar-refractivity contribution in [1.82, 2.24) is 10.7 Å². The van der Waals surface area contributed by atoms with E-state index in [1.807, 2.05) is 0 Å². The van der Waals surface area contributed by atoms with Crippen LogP contribution >= 0.6 is 12.2 Å². The highest BCUT2D eigenvalue weighted by Gasteiger charge is 1.98. The van der Waals surface area contributed by atoms with Crippen molar-refractivity contribution in [3.05, 3.63) is 29.3 Å². The van der Waals surface area contributed by atoms with E-state index < -0.39 is 0 Å². The fourth-order valence-electron chi connectivity index (χ4n) is 1.86. The van der Waals surface area contributed by atoms with Crippen LogP contribution in [0, 0.1) is 13.8 Å². The maximum absolute atomic E-state index is 5.21. The van der Waals surface area contributed by atoms with Crippen LogP contribution in [0.15, 0.2) is 18.2 Å². The van der Waals surface area contributed by atoms with Gasteiger partial charge < -0.3 is 10.2 Å². The summed E-state index contributed by atoms with van der Waals surface area (Å²) in [6, 6.07) is 6.31. The molecule has 1 rings (SSSR count). The second-order valence-corrected chi connectivity index (χ2v) is 5.60. The summed E-state index contributed by atoms with van der Waals surface area (Å²) in [5.74, 6) is 0. The third kappa shape index (κ3) is 6.98. The fraction of sp³-hybridized carbons (Fsp3) is 0.500. The van der Waals surface area contributed by atoms with Gasteiger partial charge in [0.1, 0.15) is 0 Å². The average molecular weight is 281 g/mol. The first kappa shape index (κ1) is 15.7. The third-order valence-corrected chi connectivity index (χ3v) is 2.93. The van der Waals surface area contributed by atoms with Gasteiger partial charge in [0.2, 0.25) is 0 Å². The molecule has 1 aromatic carbocycles. The van der Waals surface area contributed by atoms with E-state index in [0.29, 0.717) is 5.11 Å². The lowest BCUT2D eigenvalue weighted by atomic mass is 10.1. The SMILES string of the molecule is Cc1cc(C)cc(NNC(=S)NCCC[NH+](C)C)c1. The molecule has 0 amide bonds. The van der Waals surface area contributed by atoms with Crippen molar-refractivity contribution in [2.75, 3.05) is 32.6 Å². The van der Waals surface area contributed by atoms with Gasteiger partial charge in [-0.3, -0.25) is 10.9 Å². The van der Waals surface area contributed by atoms with Crippen molar-refractivity contribution in [3.63, 3.8) is 0 Å². The first-order chi connectivity index (χ1) is 8.97. The molecule has 0 spiro atoms. The summed E-state index contributed by atoms with van der Waals surface area (Å²) in [6.07, 6.45) is 1.10. The number of rotatable bonds is 6. The number of thiocarbonyl (C=S) groups is 1. The van der Waals surface area contributed by atoms with Gasteiger partial charge in [-0.25, -0.2) is 0 Å². The molecule has 0 fully saturated rings. The number of anilines is 1. The van der Waals surface area contributed by atoms with E-state index in [4.69, 9.17) is 12.2 Å². The number of hydrogen-bond acceptors (Lipinski definition) is 2. The van der Waals surface area contributed by atoms with Gasteiger partial charge in [0, 0.05) is 13.0 Å². The van der Waals surface area contributed by atoms with Gasteiger partial charge in [-0.05, 0) is 49.3 Å². The Hall–Kier alpha value is -1.33. The first-order valence-corrected chi connectivity index (χ1v) is 7.05. The molecule has 0 aliphatic rings. The van der Waals surface area contributed by atoms with Crippen LogP contribution in [0.3, 0.4) is 0 Å². The summed E-state index contributed by atoms with van der Waals surface area (Å²) in [7, 11) is 4.30. The molecule has 0 aliphatic carbocycles. The summed E-state index contributed by atoms with van der Waals surface area (Å²) in [5.41, 5.74) is 9.62. The highest BCUT2D eigenvalue weighted by molar-refractivity contribution is 7.80. The molecule has 4 N–H and O–H groups in total. The molecule has 106 valence electrons. The zero-order chi connectivity index (χ0) is 14.3. The number of benzene rings is 1. The lowest BCUT2D eigenvalue weighted by molar-refractivity contribution is -0.858. The molecule has 0 radical (unpaired) electrons. The van der Waals surface area contributed by atoms with E-state index in [-0.39, 0.29) is 0 Å². The van der Waals surface area contributed by atoms with E-state index in [1.165, 1.54) is 16.0 Å². The normalized spacial score (nSPS) is 10.4. The predicted octanol–water partition coefficient (Wildman–Crippen LogP) is 0.629. The molecule has 0 saturated carbocycles. The van der Waals surface area contributed by atoms with Gasteiger partial charge >= 0.3 is 0 Å². The molecule has 0 unspecified atom stereocenters. The Balaban J connectivity index is 2.26. The van der Waals surface area contributed by atoms with Crippen molar-refractivity contribution < 1.29 is 4.90 Å². The van der Waals surface area contributed by atoms with Crippen LogP contribution in [0.25, 0.3) is 0 Å². The third-order valence-electron chi connectivity index (χ3n) is 2.68. The molecular weight excluding hydrogens is 256 g/mol. The van der Waals surface area contributed by atoms with Crippen molar-refractivity contribution in [2.45, 2.75) is 20.3 Å². The Bertz CT molecular complexity index is 398. The van der Waals surface area contributed by atoms with Gasteiger partial charge in [-0.2, -0.15) is 0 Å². The number of quaternary nitrogens is 1. The maximum atomic E-state index is 5.21. The van der Waals surface area contributed by atoms with E-state index >= 15 is 0 Å². The molecule has 0 saturated heterocycles. The monoisotopic (exact) mass is 281 g/mol. The minimum absolute atomic E-state index is 0.632. The number of aryl methyl sites for hydroxylation is 2. The number of hydrogen-bond donors (Lipinski definition) is 4. The minimum Gasteiger partial charge on any atom is -0.361 e. The Kier molecular flexibility index (Phi) is 6.59. The molecule has 19 heavy (non-hydrogen) atoms. The summed E-state index contributed by atoms with van der Waals surface area (Å²) >= 11 is 5.21. The van der Waals surface area contributed by atoms with Crippen LogP contribution in [-0.2, 0) is 0 Å². The Labute approximate surface area is 121 Å². The maximum Gasteiger partial charge on any atom is 0.185 e. The van der Waals surface area contributed by atoms with Crippen LogP contribution < -0.4 is 21.1 Å². The van der Waals surface area contributed by atoms with Gasteiger partial charge in [0.15, 0.2) is 5.11 Å². The molecule has 5 heteroatoms. The fourth-order valence-corrected chi connectivity index (χ4v) is 2.02. The van der Waals surface area contributed by atoms with E-state index in [0.717, 1.165) is 25.2 Å². The summed E-state index contributed by atoms with van der Waals surface area (Å²) in [6.45, 7) is 6.20. The zero-order valence-electron chi connectivity index (χ0n) is 12.3. The topological polar surface area (TPSA) is 40.5 Å². The standard InChI is InChI=1S/C14H24N4S/c1-11-8-12(2)10-13(9-11)16-17-14(19)15-6-5-7-18(3)4/h8-10,16H,5-7H2,1-4H3,(H2,15,17,19)/p+1. The van der Waals surface area contributed by atoms with Crippen LogP contribution in [-0.4, -0.2) is 32.3 Å². The highest BCUT2D eigenvalue weighted by Crippen LogP contribution is 2.12. The highest BCUT2D eigenvalue weighted by atomic mass is 32.1. The lowest BCUT2D eigenvalue weighted by Gasteiger charge is -2.14. The summed E-state index contributed by atoms with van der Waals surface area (Å²) in [5, 5.41) is 3.81. The van der Waals surface area contributed by atoms with Crippen molar-refractivity contribution in [3.8, 4) is 0 Å². The molecule has 1 aromatic rings. The van der Waals surface area contributed by atoms with E-state index in [2.05, 4.69) is 62.3 Å². The average Bonchev–Trinajstić information content (AvgIpc) is 2.31. The van der Waals surface area contributed by atoms with Gasteiger partial charge in [0.05, 0.1) is 26.3 Å². The predicted molar refractivity (Wildman–Crippen MR) is 85.6 cm³/mol. The summed E-state index contributed by atoms with van der Waals surface area (Å²) in [4.78, 5) is 1.45. The molecule has 0 heterocycles. The van der Waals surface area contributed by atoms with Crippen LogP contribution in [0.5, 0.6) is 0 Å². The molecule has 0 atom stereocenters. The van der Waals surface area contributed by atoms with Crippen molar-refractivity contribution >= 4 is 23.0 Å². The zero-order valence-corrected chi connectivity index (χ0v) is 13.1. The minimum atomic E-state index is 0.632. The Morgan fingerprint density at radius 3 is 2.37 bits per heavy atom.